The Morgan fingerprint density at radius 3 is 2.00 bits per heavy atom. The first-order chi connectivity index (χ1) is 19.4. The van der Waals surface area contributed by atoms with Crippen LogP contribution < -0.4 is 10.2 Å². The summed E-state index contributed by atoms with van der Waals surface area (Å²) in [7, 11) is 0. The number of hydrogen-bond acceptors (Lipinski definition) is 4. The average Bonchev–Trinajstić information content (AvgIpc) is 3.84. The van der Waals surface area contributed by atoms with E-state index >= 15 is 0 Å². The molecular weight excluding hydrogens is 570 g/mol. The van der Waals surface area contributed by atoms with Gasteiger partial charge in [-0.2, -0.15) is 0 Å². The van der Waals surface area contributed by atoms with Gasteiger partial charge >= 0.3 is 234 Å². The number of carbonyl (C=O) groups excluding carboxylic acids is 2. The van der Waals surface area contributed by atoms with Crippen LogP contribution in [0.15, 0.2) is 60.0 Å². The van der Waals surface area contributed by atoms with Crippen molar-refractivity contribution in [3.63, 3.8) is 0 Å². The Morgan fingerprint density at radius 2 is 1.54 bits per heavy atom. The van der Waals surface area contributed by atoms with E-state index in [4.69, 9.17) is 6.42 Å². The molecular formula is C34H31FeN3O2S. The number of aromatic nitrogens is 1. The molecule has 0 aliphatic carbocycles. The van der Waals surface area contributed by atoms with E-state index in [0.29, 0.717) is 10.7 Å². The summed E-state index contributed by atoms with van der Waals surface area (Å²) in [4.78, 5) is 44.9. The van der Waals surface area contributed by atoms with E-state index in [9.17, 15) is 9.59 Å². The van der Waals surface area contributed by atoms with E-state index in [-0.39, 0.29) is 21.7 Å². The van der Waals surface area contributed by atoms with E-state index in [1.54, 1.807) is 5.38 Å². The maximum atomic E-state index is 14.8. The Kier molecular flexibility index (Phi) is 1.65. The van der Waals surface area contributed by atoms with Crippen LogP contribution in [0.4, 0.5) is 5.69 Å². The molecule has 5 unspecified atom stereocenters. The Morgan fingerprint density at radius 1 is 0.951 bits per heavy atom. The van der Waals surface area contributed by atoms with Crippen molar-refractivity contribution in [2.24, 2.45) is 0 Å². The fourth-order valence-corrected chi connectivity index (χ4v) is 95.8. The van der Waals surface area contributed by atoms with E-state index in [2.05, 4.69) is 73.4 Å². The first-order valence-corrected chi connectivity index (χ1v) is 22.1. The van der Waals surface area contributed by atoms with Gasteiger partial charge in [-0.25, -0.2) is 0 Å². The summed E-state index contributed by atoms with van der Waals surface area (Å²) in [5.41, 5.74) is 3.00. The van der Waals surface area contributed by atoms with Crippen LogP contribution in [0.5, 0.6) is 0 Å². The molecule has 10 fully saturated rings. The van der Waals surface area contributed by atoms with Crippen LogP contribution in [0.25, 0.3) is 11.1 Å². The Hall–Kier alpha value is -2.91. The van der Waals surface area contributed by atoms with Crippen molar-refractivity contribution in [1.82, 2.24) is 10.3 Å². The number of rotatable bonds is 6. The number of terminal acetylenes is 1. The van der Waals surface area contributed by atoms with Gasteiger partial charge in [0.15, 0.2) is 0 Å². The first kappa shape index (κ1) is 20.9. The topological polar surface area (TPSA) is 62.3 Å². The van der Waals surface area contributed by atoms with Gasteiger partial charge in [0.1, 0.15) is 0 Å². The molecule has 1 aromatic heterocycles. The van der Waals surface area contributed by atoms with Gasteiger partial charge in [0.25, 0.3) is 0 Å². The third kappa shape index (κ3) is 0.608. The van der Waals surface area contributed by atoms with Crippen molar-refractivity contribution in [2.75, 3.05) is 4.90 Å². The van der Waals surface area contributed by atoms with E-state index in [1.165, 1.54) is 11.3 Å². The summed E-state index contributed by atoms with van der Waals surface area (Å²) in [5.74, 6) is 2.47. The fourth-order valence-electron chi connectivity index (χ4n) is 20.5. The minimum absolute atomic E-state index is 0.0541. The molecule has 5 nitrogen and oxygen atoms in total. The molecule has 1 N–H and O–H groups in total. The summed E-state index contributed by atoms with van der Waals surface area (Å²) < 4.78 is 0.132. The van der Waals surface area contributed by atoms with Gasteiger partial charge in [0.2, 0.25) is 0 Å². The molecule has 7 heteroatoms. The van der Waals surface area contributed by atoms with E-state index in [0.717, 1.165) is 60.2 Å². The second kappa shape index (κ2) is 3.24. The Balaban J connectivity index is 1.03. The summed E-state index contributed by atoms with van der Waals surface area (Å²) in [6, 6.07) is 18.1. The van der Waals surface area contributed by atoms with Crippen molar-refractivity contribution in [2.45, 2.75) is 80.0 Å². The molecule has 208 valence electrons. The van der Waals surface area contributed by atoms with Crippen molar-refractivity contribution in [3.05, 3.63) is 70.7 Å². The number of fused-ring (bicyclic) bond motifs is 10. The van der Waals surface area contributed by atoms with Gasteiger partial charge in [-0.15, -0.1) is 0 Å². The monoisotopic (exact) mass is 601 g/mol. The number of nitrogens with one attached hydrogen (secondary N) is 1. The van der Waals surface area contributed by atoms with Crippen LogP contribution in [0.3, 0.4) is 0 Å². The maximum absolute atomic E-state index is 14.8. The van der Waals surface area contributed by atoms with Crippen LogP contribution in [-0.4, -0.2) is 28.4 Å². The number of amides is 2. The van der Waals surface area contributed by atoms with Gasteiger partial charge in [0.05, 0.1) is 0 Å². The summed E-state index contributed by atoms with van der Waals surface area (Å²) in [6.07, 6.45) is 5.66. The van der Waals surface area contributed by atoms with Gasteiger partial charge < -0.3 is 0 Å². The van der Waals surface area contributed by atoms with Crippen molar-refractivity contribution in [1.29, 1.82) is 0 Å². The second-order valence-corrected chi connectivity index (χ2v) is 42.1. The molecule has 13 rings (SSSR count). The van der Waals surface area contributed by atoms with Crippen molar-refractivity contribution in [3.8, 4) is 23.5 Å². The summed E-state index contributed by atoms with van der Waals surface area (Å²) in [5, 5.41) is 5.68. The van der Waals surface area contributed by atoms with Crippen LogP contribution >= 0.6 is 11.3 Å². The number of anilines is 1. The Labute approximate surface area is 233 Å². The van der Waals surface area contributed by atoms with Crippen LogP contribution in [0.2, 0.25) is 47.7 Å². The van der Waals surface area contributed by atoms with Gasteiger partial charge in [0, 0.05) is 0 Å². The molecule has 41 heavy (non-hydrogen) atoms. The van der Waals surface area contributed by atoms with Crippen LogP contribution in [-0.2, 0) is 11.3 Å². The minimum atomic E-state index is -3.86. The van der Waals surface area contributed by atoms with Gasteiger partial charge in [-0.1, -0.05) is 0 Å². The third-order valence-corrected chi connectivity index (χ3v) is 62.9. The average molecular weight is 602 g/mol. The normalized spacial score (nSPS) is 56.9. The number of carbonyl (C=O) groups is 2. The molecule has 0 radical (unpaired) electrons. The molecule has 2 aromatic carbocycles. The number of hydrogen-bond donors (Lipinski definition) is 1. The quantitative estimate of drug-likeness (QED) is 0.235. The molecule has 10 saturated heterocycles. The SMILES string of the molecule is C#Cc1nc(C(=O)N(c2ccc(-c3ccccc3)cc2)C(C(=O)NC(C)(C)C)[C]23[CH]4[CH]5[CH]6[CH]2[Fe]56432789[CH]3[CH]2[CH]7[CH]8[CH]39)cs1. The second-order valence-electron chi connectivity index (χ2n) is 17.6. The molecule has 11 heterocycles. The molecule has 5 atom stereocenters. The number of benzene rings is 2. The molecule has 0 saturated carbocycles. The Bertz CT molecular complexity index is 2200. The first-order valence-electron chi connectivity index (χ1n) is 14.9. The van der Waals surface area contributed by atoms with Crippen molar-refractivity contribution < 1.29 is 16.1 Å². The van der Waals surface area contributed by atoms with Gasteiger partial charge in [-0.3, -0.25) is 0 Å². The van der Waals surface area contributed by atoms with Gasteiger partial charge in [-0.05, 0) is 0 Å². The number of thiazole rings is 1. The van der Waals surface area contributed by atoms with Crippen molar-refractivity contribution >= 4 is 28.8 Å². The zero-order valence-electron chi connectivity index (χ0n) is 23.1. The molecule has 10 aliphatic rings. The number of nitrogens with zero attached hydrogens (tertiary/aromatic N) is 2. The summed E-state index contributed by atoms with van der Waals surface area (Å²) >= 11 is 1.32. The zero-order valence-corrected chi connectivity index (χ0v) is 25.0. The molecule has 0 bridgehead atoms. The third-order valence-electron chi connectivity index (χ3n) is 19.5. The predicted octanol–water partition coefficient (Wildman–Crippen LogP) is 7.48. The zero-order chi connectivity index (χ0) is 27.6. The molecule has 1 spiro atoms. The predicted molar refractivity (Wildman–Crippen MR) is 157 cm³/mol. The fraction of sp³-hybridized carbons (Fsp3) is 0.441. The summed E-state index contributed by atoms with van der Waals surface area (Å²) in [6.45, 7) is 2.31. The van der Waals surface area contributed by atoms with E-state index < -0.39 is 12.6 Å². The molecule has 3 aromatic rings. The standard InChI is InChI=1S/C29H26N3O2S.C5H5.Fe/c1-5-25-30-24(19-35-25)28(34)32(23-17-15-21(16-18-23)20-11-7-6-8-12-20)26(22-13-9-10-14-22)27(33)31-29(2,3)4;1-2-4-5-3-1;/h1,6-19,26H,2-4H3,(H,31,33);1-5H;. The van der Waals surface area contributed by atoms with Crippen LogP contribution in [0.1, 0.15) is 36.3 Å². The molecule has 2 amide bonds. The van der Waals surface area contributed by atoms with E-state index in [1.807, 2.05) is 23.1 Å². The molecule has 10 aliphatic heterocycles. The van der Waals surface area contributed by atoms with Crippen LogP contribution in [0, 0.1) is 12.3 Å².